The van der Waals surface area contributed by atoms with Crippen LogP contribution in [0.3, 0.4) is 0 Å². The zero-order valence-corrected chi connectivity index (χ0v) is 10.5. The van der Waals surface area contributed by atoms with Gasteiger partial charge in [-0.2, -0.15) is 5.10 Å². The van der Waals surface area contributed by atoms with Crippen molar-refractivity contribution in [3.8, 4) is 5.69 Å². The van der Waals surface area contributed by atoms with Crippen molar-refractivity contribution in [1.29, 1.82) is 0 Å². The minimum atomic E-state index is -1.14. The fourth-order valence-corrected chi connectivity index (χ4v) is 2.10. The lowest BCUT2D eigenvalue weighted by molar-refractivity contribution is 0.0696. The van der Waals surface area contributed by atoms with E-state index >= 15 is 0 Å². The quantitative estimate of drug-likeness (QED) is 0.911. The predicted octanol–water partition coefficient (Wildman–Crippen LogP) is 2.98. The van der Waals surface area contributed by atoms with Gasteiger partial charge in [-0.25, -0.2) is 13.9 Å². The van der Waals surface area contributed by atoms with Crippen LogP contribution >= 0.6 is 11.6 Å². The summed E-state index contributed by atoms with van der Waals surface area (Å²) in [6, 6.07) is 4.12. The lowest BCUT2D eigenvalue weighted by atomic mass is 10.2. The minimum absolute atomic E-state index is 0.00899. The van der Waals surface area contributed by atoms with Crippen LogP contribution in [-0.2, 0) is 0 Å². The van der Waals surface area contributed by atoms with Crippen molar-refractivity contribution in [3.05, 3.63) is 46.0 Å². The van der Waals surface area contributed by atoms with Crippen LogP contribution in [0.2, 0.25) is 5.15 Å². The van der Waals surface area contributed by atoms with Gasteiger partial charge in [-0.05, 0) is 37.6 Å². The summed E-state index contributed by atoms with van der Waals surface area (Å²) in [4.78, 5) is 11.0. The molecule has 4 nitrogen and oxygen atoms in total. The molecule has 6 heteroatoms. The number of carboxylic acid groups (broad SMARTS) is 1. The Bertz CT molecular complexity index is 637. The summed E-state index contributed by atoms with van der Waals surface area (Å²) < 4.78 is 14.3. The molecule has 0 amide bonds. The largest absolute Gasteiger partial charge is 0.478 e. The molecule has 1 N–H and O–H groups in total. The van der Waals surface area contributed by atoms with Crippen LogP contribution in [0, 0.1) is 19.7 Å². The summed E-state index contributed by atoms with van der Waals surface area (Å²) in [5.41, 5.74) is 1.45. The smallest absolute Gasteiger partial charge is 0.340 e. The van der Waals surface area contributed by atoms with Crippen LogP contribution in [0.4, 0.5) is 4.39 Å². The molecule has 1 aromatic carbocycles. The number of benzene rings is 1. The highest BCUT2D eigenvalue weighted by Crippen LogP contribution is 2.25. The van der Waals surface area contributed by atoms with Gasteiger partial charge in [0.1, 0.15) is 16.5 Å². The van der Waals surface area contributed by atoms with E-state index in [0.29, 0.717) is 16.9 Å². The van der Waals surface area contributed by atoms with Crippen molar-refractivity contribution in [3.63, 3.8) is 0 Å². The Morgan fingerprint density at radius 1 is 1.44 bits per heavy atom. The normalized spacial score (nSPS) is 10.7. The van der Waals surface area contributed by atoms with E-state index in [0.717, 1.165) is 0 Å². The molecule has 0 radical (unpaired) electrons. The maximum absolute atomic E-state index is 13.0. The molecule has 1 heterocycles. The monoisotopic (exact) mass is 268 g/mol. The number of carbonyl (C=O) groups is 1. The summed E-state index contributed by atoms with van der Waals surface area (Å²) in [5, 5.41) is 13.1. The maximum Gasteiger partial charge on any atom is 0.340 e. The second-order valence-electron chi connectivity index (χ2n) is 3.90. The van der Waals surface area contributed by atoms with Crippen LogP contribution in [0.25, 0.3) is 5.69 Å². The number of nitrogens with zero attached hydrogens (tertiary/aromatic N) is 2. The zero-order valence-electron chi connectivity index (χ0n) is 9.74. The van der Waals surface area contributed by atoms with E-state index in [1.807, 2.05) is 0 Å². The first-order chi connectivity index (χ1) is 8.41. The number of aryl methyl sites for hydroxylation is 2. The Morgan fingerprint density at radius 2 is 2.11 bits per heavy atom. The average molecular weight is 269 g/mol. The average Bonchev–Trinajstić information content (AvgIpc) is 2.54. The van der Waals surface area contributed by atoms with E-state index < -0.39 is 5.97 Å². The van der Waals surface area contributed by atoms with Gasteiger partial charge in [0.15, 0.2) is 0 Å². The van der Waals surface area contributed by atoms with Crippen molar-refractivity contribution in [2.24, 2.45) is 0 Å². The molecule has 18 heavy (non-hydrogen) atoms. The van der Waals surface area contributed by atoms with E-state index in [2.05, 4.69) is 5.10 Å². The second-order valence-corrected chi connectivity index (χ2v) is 4.26. The van der Waals surface area contributed by atoms with Crippen molar-refractivity contribution >= 4 is 17.6 Å². The number of hydrogen-bond donors (Lipinski definition) is 1. The van der Waals surface area contributed by atoms with Gasteiger partial charge >= 0.3 is 5.97 Å². The maximum atomic E-state index is 13.0. The summed E-state index contributed by atoms with van der Waals surface area (Å²) in [5.74, 6) is -1.50. The van der Waals surface area contributed by atoms with Crippen molar-refractivity contribution in [1.82, 2.24) is 9.78 Å². The molecule has 0 aliphatic rings. The Kier molecular flexibility index (Phi) is 3.09. The molecule has 94 valence electrons. The third-order valence-corrected chi connectivity index (χ3v) is 2.95. The molecule has 0 bridgehead atoms. The fraction of sp³-hybridized carbons (Fsp3) is 0.167. The Labute approximate surface area is 108 Å². The molecule has 0 fully saturated rings. The minimum Gasteiger partial charge on any atom is -0.478 e. The number of aromatic nitrogens is 2. The Balaban J connectivity index is 2.65. The van der Waals surface area contributed by atoms with Gasteiger partial charge in [0, 0.05) is 0 Å². The summed E-state index contributed by atoms with van der Waals surface area (Å²) in [6.07, 6.45) is 0. The van der Waals surface area contributed by atoms with Crippen LogP contribution < -0.4 is 0 Å². The van der Waals surface area contributed by atoms with Gasteiger partial charge in [0.2, 0.25) is 0 Å². The number of aromatic carboxylic acids is 1. The molecule has 0 saturated carbocycles. The standard InChI is InChI=1S/C12H10ClFN2O2/c1-6-5-8(14)3-4-9(6)16-11(13)10(12(17)18)7(2)15-16/h3-5H,1-2H3,(H,17,18). The molecule has 2 aromatic rings. The molecule has 0 aliphatic carbocycles. The van der Waals surface area contributed by atoms with E-state index in [1.165, 1.54) is 22.9 Å². The molecule has 0 saturated heterocycles. The highest BCUT2D eigenvalue weighted by atomic mass is 35.5. The summed E-state index contributed by atoms with van der Waals surface area (Å²) in [7, 11) is 0. The van der Waals surface area contributed by atoms with Gasteiger partial charge in [-0.3, -0.25) is 0 Å². The first-order valence-electron chi connectivity index (χ1n) is 5.16. The number of rotatable bonds is 2. The number of halogens is 2. The summed E-state index contributed by atoms with van der Waals surface area (Å²) in [6.45, 7) is 3.26. The van der Waals surface area contributed by atoms with Gasteiger partial charge < -0.3 is 5.11 Å². The third-order valence-electron chi connectivity index (χ3n) is 2.60. The van der Waals surface area contributed by atoms with Gasteiger partial charge in [0.25, 0.3) is 0 Å². The second kappa shape index (κ2) is 4.42. The van der Waals surface area contributed by atoms with Gasteiger partial charge in [-0.15, -0.1) is 0 Å². The molecular weight excluding hydrogens is 259 g/mol. The number of hydrogen-bond acceptors (Lipinski definition) is 2. The predicted molar refractivity (Wildman–Crippen MR) is 65.0 cm³/mol. The van der Waals surface area contributed by atoms with E-state index in [4.69, 9.17) is 16.7 Å². The van der Waals surface area contributed by atoms with Crippen LogP contribution in [0.5, 0.6) is 0 Å². The first kappa shape index (κ1) is 12.6. The van der Waals surface area contributed by atoms with Crippen molar-refractivity contribution < 1.29 is 14.3 Å². The van der Waals surface area contributed by atoms with E-state index in [-0.39, 0.29) is 16.5 Å². The van der Waals surface area contributed by atoms with Crippen molar-refractivity contribution in [2.75, 3.05) is 0 Å². The highest BCUT2D eigenvalue weighted by Gasteiger charge is 2.21. The topological polar surface area (TPSA) is 55.1 Å². The molecule has 1 aromatic heterocycles. The van der Waals surface area contributed by atoms with E-state index in [9.17, 15) is 9.18 Å². The van der Waals surface area contributed by atoms with Crippen LogP contribution in [0.1, 0.15) is 21.6 Å². The van der Waals surface area contributed by atoms with Gasteiger partial charge in [0.05, 0.1) is 11.4 Å². The van der Waals surface area contributed by atoms with Crippen LogP contribution in [-0.4, -0.2) is 20.9 Å². The fourth-order valence-electron chi connectivity index (χ4n) is 1.76. The Hall–Kier alpha value is -1.88. The lowest BCUT2D eigenvalue weighted by Gasteiger charge is -2.07. The molecule has 0 aliphatic heterocycles. The first-order valence-corrected chi connectivity index (χ1v) is 5.54. The summed E-state index contributed by atoms with van der Waals surface area (Å²) >= 11 is 6.00. The molecule has 0 spiro atoms. The van der Waals surface area contributed by atoms with Crippen LogP contribution in [0.15, 0.2) is 18.2 Å². The third kappa shape index (κ3) is 1.97. The molecular formula is C12H10ClFN2O2. The SMILES string of the molecule is Cc1cc(F)ccc1-n1nc(C)c(C(=O)O)c1Cl. The zero-order chi connectivity index (χ0) is 13.4. The molecule has 0 unspecified atom stereocenters. The number of carboxylic acids is 1. The van der Waals surface area contributed by atoms with Crippen molar-refractivity contribution in [2.45, 2.75) is 13.8 Å². The molecule has 0 atom stereocenters. The Morgan fingerprint density at radius 3 is 2.61 bits per heavy atom. The van der Waals surface area contributed by atoms with Gasteiger partial charge in [-0.1, -0.05) is 11.6 Å². The lowest BCUT2D eigenvalue weighted by Crippen LogP contribution is -2.01. The molecule has 2 rings (SSSR count). The van der Waals surface area contributed by atoms with E-state index in [1.54, 1.807) is 13.8 Å². The highest BCUT2D eigenvalue weighted by molar-refractivity contribution is 6.32.